The van der Waals surface area contributed by atoms with Crippen LogP contribution in [0.1, 0.15) is 30.1 Å². The van der Waals surface area contributed by atoms with Crippen molar-refractivity contribution < 1.29 is 19.4 Å². The highest BCUT2D eigenvalue weighted by atomic mass is 16.5. The third kappa shape index (κ3) is 3.15. The minimum absolute atomic E-state index is 0.0914. The molecule has 19 heavy (non-hydrogen) atoms. The van der Waals surface area contributed by atoms with Gasteiger partial charge in [0.25, 0.3) is 0 Å². The van der Waals surface area contributed by atoms with E-state index < -0.39 is 5.97 Å². The van der Waals surface area contributed by atoms with Crippen molar-refractivity contribution in [1.82, 2.24) is 5.32 Å². The number of carbonyl (C=O) groups is 2. The van der Waals surface area contributed by atoms with Gasteiger partial charge in [-0.05, 0) is 38.0 Å². The summed E-state index contributed by atoms with van der Waals surface area (Å²) < 4.78 is 5.09. The van der Waals surface area contributed by atoms with Gasteiger partial charge in [0, 0.05) is 5.54 Å². The van der Waals surface area contributed by atoms with Crippen molar-refractivity contribution in [2.45, 2.75) is 25.3 Å². The predicted octanol–water partition coefficient (Wildman–Crippen LogP) is 2.07. The van der Waals surface area contributed by atoms with Gasteiger partial charge in [-0.1, -0.05) is 0 Å². The molecule has 102 valence electrons. The molecule has 0 spiro atoms. The van der Waals surface area contributed by atoms with E-state index in [9.17, 15) is 9.59 Å². The summed E-state index contributed by atoms with van der Waals surface area (Å²) in [7, 11) is 1.46. The lowest BCUT2D eigenvalue weighted by atomic mass is 10.2. The smallest absolute Gasteiger partial charge is 0.335 e. The van der Waals surface area contributed by atoms with Gasteiger partial charge in [-0.2, -0.15) is 0 Å². The number of nitrogens with one attached hydrogen (secondary N) is 2. The molecule has 1 fully saturated rings. The second kappa shape index (κ2) is 4.79. The number of rotatable bonds is 4. The quantitative estimate of drug-likeness (QED) is 0.776. The molecule has 0 radical (unpaired) electrons. The number of carboxylic acids is 1. The second-order valence-electron chi connectivity index (χ2n) is 4.86. The van der Waals surface area contributed by atoms with E-state index in [0.29, 0.717) is 11.4 Å². The Hall–Kier alpha value is -2.24. The fraction of sp³-hybridized carbons (Fsp3) is 0.385. The number of benzene rings is 1. The van der Waals surface area contributed by atoms with E-state index >= 15 is 0 Å². The number of hydrogen-bond donors (Lipinski definition) is 3. The summed E-state index contributed by atoms with van der Waals surface area (Å²) >= 11 is 0. The van der Waals surface area contributed by atoms with Gasteiger partial charge in [-0.15, -0.1) is 0 Å². The molecule has 0 unspecified atom stereocenters. The molecule has 1 saturated carbocycles. The largest absolute Gasteiger partial charge is 0.495 e. The summed E-state index contributed by atoms with van der Waals surface area (Å²) in [4.78, 5) is 22.7. The minimum Gasteiger partial charge on any atom is -0.495 e. The molecule has 3 N–H and O–H groups in total. The summed E-state index contributed by atoms with van der Waals surface area (Å²) in [6.45, 7) is 1.96. The van der Waals surface area contributed by atoms with Gasteiger partial charge in [0.15, 0.2) is 0 Å². The Kier molecular flexibility index (Phi) is 3.33. The maximum Gasteiger partial charge on any atom is 0.335 e. The second-order valence-corrected chi connectivity index (χ2v) is 4.86. The number of hydrogen-bond acceptors (Lipinski definition) is 3. The fourth-order valence-corrected chi connectivity index (χ4v) is 1.68. The highest BCUT2D eigenvalue weighted by Crippen LogP contribution is 2.34. The van der Waals surface area contributed by atoms with Gasteiger partial charge in [0.05, 0.1) is 18.4 Å². The Morgan fingerprint density at radius 3 is 2.58 bits per heavy atom. The van der Waals surface area contributed by atoms with Crippen LogP contribution in [0.25, 0.3) is 0 Å². The van der Waals surface area contributed by atoms with Crippen LogP contribution in [0, 0.1) is 0 Å². The molecule has 6 nitrogen and oxygen atoms in total. The van der Waals surface area contributed by atoms with Crippen LogP contribution in [0.2, 0.25) is 0 Å². The number of carboxylic acid groups (broad SMARTS) is 1. The minimum atomic E-state index is -1.06. The van der Waals surface area contributed by atoms with E-state index in [1.165, 1.54) is 25.3 Å². The standard InChI is InChI=1S/C13H16N2O4/c1-13(5-6-13)15-12(18)14-9-7-8(11(16)17)3-4-10(9)19-2/h3-4,7H,5-6H2,1-2H3,(H,16,17)(H2,14,15,18). The first-order chi connectivity index (χ1) is 8.93. The van der Waals surface area contributed by atoms with Crippen LogP contribution in [0.4, 0.5) is 10.5 Å². The number of amides is 2. The van der Waals surface area contributed by atoms with E-state index in [-0.39, 0.29) is 17.1 Å². The van der Waals surface area contributed by atoms with Crippen LogP contribution >= 0.6 is 0 Å². The molecule has 0 heterocycles. The molecule has 1 aromatic carbocycles. The SMILES string of the molecule is COc1ccc(C(=O)O)cc1NC(=O)NC1(C)CC1. The molecule has 0 aromatic heterocycles. The van der Waals surface area contributed by atoms with Crippen molar-refractivity contribution in [3.05, 3.63) is 23.8 Å². The topological polar surface area (TPSA) is 87.7 Å². The first kappa shape index (κ1) is 13.2. The number of carbonyl (C=O) groups excluding carboxylic acids is 1. The average molecular weight is 264 g/mol. The Morgan fingerprint density at radius 1 is 1.37 bits per heavy atom. The summed E-state index contributed by atoms with van der Waals surface area (Å²) in [5.74, 6) is -0.638. The summed E-state index contributed by atoms with van der Waals surface area (Å²) in [5, 5.41) is 14.4. The zero-order chi connectivity index (χ0) is 14.0. The fourth-order valence-electron chi connectivity index (χ4n) is 1.68. The Bertz CT molecular complexity index is 523. The van der Waals surface area contributed by atoms with Crippen LogP contribution in [0.3, 0.4) is 0 Å². The Morgan fingerprint density at radius 2 is 2.05 bits per heavy atom. The molecule has 2 amide bonds. The summed E-state index contributed by atoms with van der Waals surface area (Å²) in [5.41, 5.74) is 0.291. The van der Waals surface area contributed by atoms with Crippen LogP contribution in [-0.4, -0.2) is 29.8 Å². The van der Waals surface area contributed by atoms with Crippen molar-refractivity contribution in [3.8, 4) is 5.75 Å². The lowest BCUT2D eigenvalue weighted by molar-refractivity contribution is 0.0697. The van der Waals surface area contributed by atoms with E-state index in [2.05, 4.69) is 10.6 Å². The molecule has 0 aliphatic heterocycles. The van der Waals surface area contributed by atoms with Crippen LogP contribution in [-0.2, 0) is 0 Å². The zero-order valence-electron chi connectivity index (χ0n) is 10.8. The molecule has 0 saturated heterocycles. The lowest BCUT2D eigenvalue weighted by Crippen LogP contribution is -2.37. The first-order valence-corrected chi connectivity index (χ1v) is 5.94. The Labute approximate surface area is 110 Å². The summed E-state index contributed by atoms with van der Waals surface area (Å²) in [6.07, 6.45) is 1.90. The van der Waals surface area contributed by atoms with Gasteiger partial charge >= 0.3 is 12.0 Å². The van der Waals surface area contributed by atoms with Gasteiger partial charge < -0.3 is 20.5 Å². The maximum absolute atomic E-state index is 11.8. The normalized spacial score (nSPS) is 15.5. The molecule has 1 aliphatic carbocycles. The molecule has 1 aromatic rings. The van der Waals surface area contributed by atoms with Crippen LogP contribution < -0.4 is 15.4 Å². The number of anilines is 1. The molecule has 2 rings (SSSR count). The highest BCUT2D eigenvalue weighted by molar-refractivity contribution is 5.95. The van der Waals surface area contributed by atoms with Crippen molar-refractivity contribution in [2.24, 2.45) is 0 Å². The van der Waals surface area contributed by atoms with Crippen molar-refractivity contribution in [2.75, 3.05) is 12.4 Å². The predicted molar refractivity (Wildman–Crippen MR) is 69.7 cm³/mol. The van der Waals surface area contributed by atoms with Gasteiger partial charge in [-0.25, -0.2) is 9.59 Å². The number of aromatic carboxylic acids is 1. The molecular weight excluding hydrogens is 248 g/mol. The third-order valence-electron chi connectivity index (χ3n) is 3.11. The average Bonchev–Trinajstić information content (AvgIpc) is 3.06. The van der Waals surface area contributed by atoms with Crippen LogP contribution in [0.5, 0.6) is 5.75 Å². The number of urea groups is 1. The zero-order valence-corrected chi connectivity index (χ0v) is 10.8. The van der Waals surface area contributed by atoms with Crippen LogP contribution in [0.15, 0.2) is 18.2 Å². The molecule has 1 aliphatic rings. The van der Waals surface area contributed by atoms with E-state index in [1.807, 2.05) is 6.92 Å². The Balaban J connectivity index is 2.14. The lowest BCUT2D eigenvalue weighted by Gasteiger charge is -2.15. The van der Waals surface area contributed by atoms with Gasteiger partial charge in [0.1, 0.15) is 5.75 Å². The van der Waals surface area contributed by atoms with Gasteiger partial charge in [-0.3, -0.25) is 0 Å². The number of ether oxygens (including phenoxy) is 1. The monoisotopic (exact) mass is 264 g/mol. The molecular formula is C13H16N2O4. The van der Waals surface area contributed by atoms with Crippen molar-refractivity contribution >= 4 is 17.7 Å². The third-order valence-corrected chi connectivity index (χ3v) is 3.11. The van der Waals surface area contributed by atoms with Crippen molar-refractivity contribution in [1.29, 1.82) is 0 Å². The van der Waals surface area contributed by atoms with Crippen molar-refractivity contribution in [3.63, 3.8) is 0 Å². The van der Waals surface area contributed by atoms with E-state index in [0.717, 1.165) is 12.8 Å². The molecule has 0 atom stereocenters. The highest BCUT2D eigenvalue weighted by Gasteiger charge is 2.38. The van der Waals surface area contributed by atoms with E-state index in [1.54, 1.807) is 0 Å². The van der Waals surface area contributed by atoms with Gasteiger partial charge in [0.2, 0.25) is 0 Å². The number of methoxy groups -OCH3 is 1. The van der Waals surface area contributed by atoms with E-state index in [4.69, 9.17) is 9.84 Å². The maximum atomic E-state index is 11.8. The first-order valence-electron chi connectivity index (χ1n) is 5.94. The molecule has 6 heteroatoms. The summed E-state index contributed by atoms with van der Waals surface area (Å²) in [6, 6.07) is 3.95. The molecule has 0 bridgehead atoms.